The monoisotopic (exact) mass is 389 g/mol. The molecule has 5 heterocycles. The molecule has 29 heavy (non-hydrogen) atoms. The van der Waals surface area contributed by atoms with Gasteiger partial charge in [-0.05, 0) is 35.4 Å². The lowest BCUT2D eigenvalue weighted by molar-refractivity contribution is -0.157. The minimum Gasteiger partial charge on any atom is -0.454 e. The van der Waals surface area contributed by atoms with Crippen molar-refractivity contribution < 1.29 is 19.1 Å². The molecule has 1 fully saturated rings. The van der Waals surface area contributed by atoms with Crippen LogP contribution in [-0.2, 0) is 16.0 Å². The number of hydrogen-bond donors (Lipinski definition) is 0. The molecule has 3 aliphatic rings. The number of amides is 2. The van der Waals surface area contributed by atoms with Crippen LogP contribution in [0.3, 0.4) is 0 Å². The van der Waals surface area contributed by atoms with Crippen molar-refractivity contribution in [1.29, 1.82) is 0 Å². The van der Waals surface area contributed by atoms with E-state index in [1.807, 2.05) is 36.5 Å². The maximum atomic E-state index is 13.1. The van der Waals surface area contributed by atoms with Gasteiger partial charge >= 0.3 is 0 Å². The molecule has 2 aromatic heterocycles. The molecule has 1 aromatic carbocycles. The maximum absolute atomic E-state index is 13.1. The van der Waals surface area contributed by atoms with Gasteiger partial charge in [0, 0.05) is 36.9 Å². The van der Waals surface area contributed by atoms with Crippen molar-refractivity contribution in [3.05, 3.63) is 65.5 Å². The summed E-state index contributed by atoms with van der Waals surface area (Å²) < 4.78 is 13.1. The minimum absolute atomic E-state index is 0.0173. The molecule has 6 rings (SSSR count). The van der Waals surface area contributed by atoms with E-state index >= 15 is 0 Å². The first-order chi connectivity index (χ1) is 14.1. The zero-order valence-corrected chi connectivity index (χ0v) is 15.9. The van der Waals surface area contributed by atoms with Gasteiger partial charge in [0.2, 0.25) is 18.6 Å². The number of piperazine rings is 1. The van der Waals surface area contributed by atoms with Gasteiger partial charge in [-0.3, -0.25) is 9.59 Å². The number of carbonyl (C=O) groups excluding carboxylic acids is 2. The number of aromatic nitrogens is 1. The molecule has 1 unspecified atom stereocenters. The summed E-state index contributed by atoms with van der Waals surface area (Å²) in [6, 6.07) is 10.9. The molecular formula is C22H19N3O4. The van der Waals surface area contributed by atoms with E-state index in [2.05, 4.69) is 16.7 Å². The average molecular weight is 389 g/mol. The van der Waals surface area contributed by atoms with E-state index in [1.165, 1.54) is 4.90 Å². The molecule has 3 aliphatic heterocycles. The van der Waals surface area contributed by atoms with Crippen molar-refractivity contribution in [2.24, 2.45) is 0 Å². The highest BCUT2D eigenvalue weighted by molar-refractivity contribution is 5.96. The van der Waals surface area contributed by atoms with Crippen LogP contribution >= 0.6 is 0 Å². The Balaban J connectivity index is 1.59. The molecule has 0 spiro atoms. The molecule has 0 bridgehead atoms. The van der Waals surface area contributed by atoms with Crippen molar-refractivity contribution in [2.45, 2.75) is 18.5 Å². The third kappa shape index (κ3) is 2.24. The van der Waals surface area contributed by atoms with Crippen molar-refractivity contribution in [3.63, 3.8) is 0 Å². The van der Waals surface area contributed by atoms with E-state index in [1.54, 1.807) is 11.9 Å². The third-order valence-electron chi connectivity index (χ3n) is 6.17. The predicted molar refractivity (Wildman–Crippen MR) is 104 cm³/mol. The average Bonchev–Trinajstić information content (AvgIpc) is 3.34. The Morgan fingerprint density at radius 1 is 1.07 bits per heavy atom. The summed E-state index contributed by atoms with van der Waals surface area (Å²) in [7, 11) is 1.69. The van der Waals surface area contributed by atoms with Crippen LogP contribution in [-0.4, -0.2) is 52.4 Å². The molecule has 1 saturated heterocycles. The SMILES string of the molecule is CN1CC(=O)N2C(Cc3c(cn4ccccc34)[C@H]2c2ccc3c(c2)OCO3)C1=O. The second-order valence-electron chi connectivity index (χ2n) is 7.79. The van der Waals surface area contributed by atoms with E-state index in [-0.39, 0.29) is 31.2 Å². The zero-order chi connectivity index (χ0) is 19.7. The largest absolute Gasteiger partial charge is 0.454 e. The Kier molecular flexibility index (Phi) is 3.27. The van der Waals surface area contributed by atoms with Gasteiger partial charge in [-0.2, -0.15) is 0 Å². The van der Waals surface area contributed by atoms with E-state index in [0.717, 1.165) is 22.2 Å². The quantitative estimate of drug-likeness (QED) is 0.639. The highest BCUT2D eigenvalue weighted by Gasteiger charge is 2.47. The molecule has 2 atom stereocenters. The topological polar surface area (TPSA) is 63.5 Å². The van der Waals surface area contributed by atoms with Crippen LogP contribution in [0, 0.1) is 0 Å². The summed E-state index contributed by atoms with van der Waals surface area (Å²) in [5.41, 5.74) is 4.16. The molecule has 7 heteroatoms. The molecule has 0 N–H and O–H groups in total. The van der Waals surface area contributed by atoms with Crippen molar-refractivity contribution in [3.8, 4) is 11.5 Å². The standard InChI is InChI=1S/C22H19N3O4/c1-23-11-20(26)25-17(22(23)27)9-14-15(10-24-7-3-2-4-16(14)24)21(25)13-5-6-18-19(8-13)29-12-28-18/h2-8,10,17,21H,9,11-12H2,1H3/t17?,21-/m1/s1. The fourth-order valence-electron chi connectivity index (χ4n) is 4.84. The predicted octanol–water partition coefficient (Wildman–Crippen LogP) is 1.98. The van der Waals surface area contributed by atoms with Crippen LogP contribution in [0.2, 0.25) is 0 Å². The van der Waals surface area contributed by atoms with E-state index < -0.39 is 6.04 Å². The summed E-state index contributed by atoms with van der Waals surface area (Å²) in [5, 5.41) is 0. The van der Waals surface area contributed by atoms with Gasteiger partial charge in [0.1, 0.15) is 6.04 Å². The van der Waals surface area contributed by atoms with Gasteiger partial charge in [0.05, 0.1) is 12.6 Å². The number of benzene rings is 1. The summed E-state index contributed by atoms with van der Waals surface area (Å²) in [4.78, 5) is 29.4. The number of likely N-dealkylation sites (N-methyl/N-ethyl adjacent to an activating group) is 1. The number of pyridine rings is 1. The first-order valence-corrected chi connectivity index (χ1v) is 9.66. The lowest BCUT2D eigenvalue weighted by atomic mass is 9.85. The second-order valence-corrected chi connectivity index (χ2v) is 7.79. The smallest absolute Gasteiger partial charge is 0.245 e. The Hall–Kier alpha value is -3.48. The molecule has 0 radical (unpaired) electrons. The van der Waals surface area contributed by atoms with Gasteiger partial charge in [-0.1, -0.05) is 12.1 Å². The fraction of sp³-hybridized carbons (Fsp3) is 0.273. The van der Waals surface area contributed by atoms with Crippen LogP contribution < -0.4 is 9.47 Å². The first-order valence-electron chi connectivity index (χ1n) is 9.66. The Bertz CT molecular complexity index is 1180. The van der Waals surface area contributed by atoms with Crippen LogP contribution in [0.4, 0.5) is 0 Å². The van der Waals surface area contributed by atoms with Crippen molar-refractivity contribution in [1.82, 2.24) is 14.2 Å². The number of ether oxygens (including phenoxy) is 2. The normalized spacial score (nSPS) is 22.8. The minimum atomic E-state index is -0.504. The number of carbonyl (C=O) groups is 2. The van der Waals surface area contributed by atoms with Gasteiger partial charge < -0.3 is 23.7 Å². The highest BCUT2D eigenvalue weighted by atomic mass is 16.7. The lowest BCUT2D eigenvalue weighted by Crippen LogP contribution is -2.61. The Morgan fingerprint density at radius 3 is 2.83 bits per heavy atom. The van der Waals surface area contributed by atoms with Crippen LogP contribution in [0.5, 0.6) is 11.5 Å². The maximum Gasteiger partial charge on any atom is 0.245 e. The summed E-state index contributed by atoms with van der Waals surface area (Å²) >= 11 is 0. The number of nitrogens with zero attached hydrogens (tertiary/aromatic N) is 3. The van der Waals surface area contributed by atoms with Crippen molar-refractivity contribution in [2.75, 3.05) is 20.4 Å². The van der Waals surface area contributed by atoms with Crippen LogP contribution in [0.15, 0.2) is 48.8 Å². The van der Waals surface area contributed by atoms with Gasteiger partial charge in [-0.15, -0.1) is 0 Å². The number of fused-ring (bicyclic) bond motifs is 5. The van der Waals surface area contributed by atoms with Gasteiger partial charge in [0.25, 0.3) is 0 Å². The molecule has 7 nitrogen and oxygen atoms in total. The number of rotatable bonds is 1. The van der Waals surface area contributed by atoms with E-state index in [9.17, 15) is 9.59 Å². The van der Waals surface area contributed by atoms with Crippen molar-refractivity contribution >= 4 is 17.3 Å². The zero-order valence-electron chi connectivity index (χ0n) is 15.9. The summed E-state index contributed by atoms with van der Waals surface area (Å²) in [5.74, 6) is 1.31. The second kappa shape index (κ2) is 5.76. The Labute approximate surface area is 167 Å². The lowest BCUT2D eigenvalue weighted by Gasteiger charge is -2.46. The molecule has 2 amide bonds. The number of hydrogen-bond acceptors (Lipinski definition) is 4. The fourth-order valence-corrected chi connectivity index (χ4v) is 4.84. The Morgan fingerprint density at radius 2 is 1.93 bits per heavy atom. The van der Waals surface area contributed by atoms with Gasteiger partial charge in [-0.25, -0.2) is 0 Å². The molecule has 146 valence electrons. The van der Waals surface area contributed by atoms with E-state index in [0.29, 0.717) is 17.9 Å². The summed E-state index contributed by atoms with van der Waals surface area (Å²) in [6.45, 7) is 0.290. The summed E-state index contributed by atoms with van der Waals surface area (Å²) in [6.07, 6.45) is 4.59. The molecule has 0 aliphatic carbocycles. The molecule has 3 aromatic rings. The van der Waals surface area contributed by atoms with Gasteiger partial charge in [0.15, 0.2) is 11.5 Å². The van der Waals surface area contributed by atoms with Crippen LogP contribution in [0.1, 0.15) is 22.7 Å². The third-order valence-corrected chi connectivity index (χ3v) is 6.17. The highest BCUT2D eigenvalue weighted by Crippen LogP contribution is 2.44. The van der Waals surface area contributed by atoms with E-state index in [4.69, 9.17) is 9.47 Å². The van der Waals surface area contributed by atoms with Crippen LogP contribution in [0.25, 0.3) is 5.52 Å². The first kappa shape index (κ1) is 16.5. The molecular weight excluding hydrogens is 370 g/mol. The molecule has 0 saturated carbocycles.